The molecule has 92 valence electrons. The van der Waals surface area contributed by atoms with Crippen LogP contribution in [0.2, 0.25) is 0 Å². The highest BCUT2D eigenvalue weighted by Crippen LogP contribution is 2.06. The predicted octanol–water partition coefficient (Wildman–Crippen LogP) is 2.20. The molecule has 2 unspecified atom stereocenters. The van der Waals surface area contributed by atoms with Crippen molar-refractivity contribution in [2.75, 3.05) is 6.54 Å². The summed E-state index contributed by atoms with van der Waals surface area (Å²) in [5, 5.41) is 7.41. The molecule has 4 heteroatoms. The van der Waals surface area contributed by atoms with E-state index in [0.717, 1.165) is 31.1 Å². The normalized spacial score (nSPS) is 15.0. The van der Waals surface area contributed by atoms with E-state index in [4.69, 9.17) is 4.52 Å². The summed E-state index contributed by atoms with van der Waals surface area (Å²) in [7, 11) is 0. The van der Waals surface area contributed by atoms with E-state index in [2.05, 4.69) is 36.2 Å². The zero-order chi connectivity index (χ0) is 12.0. The van der Waals surface area contributed by atoms with Gasteiger partial charge in [-0.25, -0.2) is 0 Å². The van der Waals surface area contributed by atoms with Crippen molar-refractivity contribution in [1.29, 1.82) is 0 Å². The number of aryl methyl sites for hydroxylation is 1. The van der Waals surface area contributed by atoms with Gasteiger partial charge in [0.2, 0.25) is 5.89 Å². The quantitative estimate of drug-likeness (QED) is 0.773. The Bertz CT molecular complexity index is 298. The van der Waals surface area contributed by atoms with E-state index in [1.165, 1.54) is 6.42 Å². The van der Waals surface area contributed by atoms with Crippen molar-refractivity contribution in [2.24, 2.45) is 5.92 Å². The monoisotopic (exact) mass is 225 g/mol. The summed E-state index contributed by atoms with van der Waals surface area (Å²) in [5.74, 6) is 2.24. The molecule has 4 nitrogen and oxygen atoms in total. The van der Waals surface area contributed by atoms with Crippen LogP contribution in [0.25, 0.3) is 0 Å². The zero-order valence-electron chi connectivity index (χ0n) is 10.8. The molecule has 16 heavy (non-hydrogen) atoms. The molecule has 2 atom stereocenters. The van der Waals surface area contributed by atoms with Crippen LogP contribution in [-0.2, 0) is 12.8 Å². The zero-order valence-corrected chi connectivity index (χ0v) is 10.8. The molecule has 0 aromatic carbocycles. The van der Waals surface area contributed by atoms with E-state index in [1.807, 2.05) is 6.92 Å². The van der Waals surface area contributed by atoms with Crippen molar-refractivity contribution in [2.45, 2.75) is 53.0 Å². The highest BCUT2D eigenvalue weighted by atomic mass is 16.5. The van der Waals surface area contributed by atoms with Gasteiger partial charge in [0.05, 0.1) is 0 Å². The fraction of sp³-hybridized carbons (Fsp3) is 0.833. The maximum Gasteiger partial charge on any atom is 0.226 e. The molecule has 0 fully saturated rings. The Morgan fingerprint density at radius 2 is 2.06 bits per heavy atom. The van der Waals surface area contributed by atoms with Gasteiger partial charge >= 0.3 is 0 Å². The maximum atomic E-state index is 5.05. The number of hydrogen-bond donors (Lipinski definition) is 1. The Labute approximate surface area is 97.8 Å². The third kappa shape index (κ3) is 3.93. The lowest BCUT2D eigenvalue weighted by molar-refractivity contribution is 0.371. The molecule has 1 aromatic rings. The van der Waals surface area contributed by atoms with Crippen LogP contribution in [0.4, 0.5) is 0 Å². The smallest absolute Gasteiger partial charge is 0.226 e. The third-order valence-corrected chi connectivity index (χ3v) is 3.13. The van der Waals surface area contributed by atoms with Crippen molar-refractivity contribution in [3.8, 4) is 0 Å². The van der Waals surface area contributed by atoms with Crippen LogP contribution >= 0.6 is 0 Å². The first-order chi connectivity index (χ1) is 7.67. The van der Waals surface area contributed by atoms with Gasteiger partial charge in [-0.15, -0.1) is 0 Å². The summed E-state index contributed by atoms with van der Waals surface area (Å²) in [5.41, 5.74) is 0. The van der Waals surface area contributed by atoms with Crippen LogP contribution in [-0.4, -0.2) is 22.7 Å². The minimum absolute atomic E-state index is 0.544. The van der Waals surface area contributed by atoms with Crippen molar-refractivity contribution in [3.05, 3.63) is 11.7 Å². The van der Waals surface area contributed by atoms with Crippen molar-refractivity contribution in [3.63, 3.8) is 0 Å². The molecule has 0 bridgehead atoms. The Hall–Kier alpha value is -0.900. The van der Waals surface area contributed by atoms with Gasteiger partial charge in [0.1, 0.15) is 0 Å². The second-order valence-corrected chi connectivity index (χ2v) is 4.34. The van der Waals surface area contributed by atoms with Crippen molar-refractivity contribution < 1.29 is 4.52 Å². The molecule has 0 aliphatic carbocycles. The molecule has 0 saturated heterocycles. The van der Waals surface area contributed by atoms with Gasteiger partial charge in [0.25, 0.3) is 0 Å². The Kier molecular flexibility index (Phi) is 5.46. The van der Waals surface area contributed by atoms with Crippen LogP contribution in [0.5, 0.6) is 0 Å². The van der Waals surface area contributed by atoms with Crippen molar-refractivity contribution in [1.82, 2.24) is 15.5 Å². The first-order valence-corrected chi connectivity index (χ1v) is 6.22. The largest absolute Gasteiger partial charge is 0.339 e. The van der Waals surface area contributed by atoms with Gasteiger partial charge in [-0.1, -0.05) is 32.3 Å². The first kappa shape index (κ1) is 13.2. The predicted molar refractivity (Wildman–Crippen MR) is 64.3 cm³/mol. The molecule has 0 amide bonds. The topological polar surface area (TPSA) is 51.0 Å². The average molecular weight is 225 g/mol. The average Bonchev–Trinajstić information content (AvgIpc) is 2.75. The number of hydrogen-bond acceptors (Lipinski definition) is 4. The highest BCUT2D eigenvalue weighted by Gasteiger charge is 2.10. The van der Waals surface area contributed by atoms with Crippen LogP contribution in [0, 0.1) is 5.92 Å². The van der Waals surface area contributed by atoms with Gasteiger partial charge < -0.3 is 9.84 Å². The van der Waals surface area contributed by atoms with Gasteiger partial charge in [-0.3, -0.25) is 0 Å². The lowest BCUT2D eigenvalue weighted by atomic mass is 10.0. The summed E-state index contributed by atoms with van der Waals surface area (Å²) in [6.07, 6.45) is 2.85. The van der Waals surface area contributed by atoms with Crippen LogP contribution in [0.15, 0.2) is 4.52 Å². The van der Waals surface area contributed by atoms with E-state index in [0.29, 0.717) is 12.0 Å². The number of nitrogens with one attached hydrogen (secondary N) is 1. The summed E-state index contributed by atoms with van der Waals surface area (Å²) in [6.45, 7) is 9.63. The summed E-state index contributed by atoms with van der Waals surface area (Å²) in [4.78, 5) is 4.27. The molecule has 0 saturated carbocycles. The van der Waals surface area contributed by atoms with Gasteiger partial charge in [-0.2, -0.15) is 4.98 Å². The molecule has 0 aliphatic heterocycles. The third-order valence-electron chi connectivity index (χ3n) is 3.13. The van der Waals surface area contributed by atoms with E-state index < -0.39 is 0 Å². The Morgan fingerprint density at radius 1 is 1.31 bits per heavy atom. The Balaban J connectivity index is 2.24. The molecular weight excluding hydrogens is 202 g/mol. The number of nitrogens with zero attached hydrogens (tertiary/aromatic N) is 2. The second-order valence-electron chi connectivity index (χ2n) is 4.34. The fourth-order valence-electron chi connectivity index (χ4n) is 1.50. The van der Waals surface area contributed by atoms with Crippen LogP contribution < -0.4 is 5.32 Å². The standard InChI is InChI=1S/C12H23N3O/c1-5-9(3)10(4)13-8-7-11-14-12(6-2)16-15-11/h9-10,13H,5-8H2,1-4H3. The lowest BCUT2D eigenvalue weighted by Crippen LogP contribution is -2.33. The van der Waals surface area contributed by atoms with Crippen LogP contribution in [0.1, 0.15) is 45.8 Å². The summed E-state index contributed by atoms with van der Waals surface area (Å²) >= 11 is 0. The lowest BCUT2D eigenvalue weighted by Gasteiger charge is -2.19. The summed E-state index contributed by atoms with van der Waals surface area (Å²) < 4.78 is 5.05. The van der Waals surface area contributed by atoms with Crippen LogP contribution in [0.3, 0.4) is 0 Å². The van der Waals surface area contributed by atoms with E-state index in [-0.39, 0.29) is 0 Å². The van der Waals surface area contributed by atoms with E-state index in [9.17, 15) is 0 Å². The highest BCUT2D eigenvalue weighted by molar-refractivity contribution is 4.86. The Morgan fingerprint density at radius 3 is 2.62 bits per heavy atom. The molecule has 1 N–H and O–H groups in total. The minimum Gasteiger partial charge on any atom is -0.339 e. The SMILES string of the molecule is CCc1nc(CCNC(C)C(C)CC)no1. The minimum atomic E-state index is 0.544. The van der Waals surface area contributed by atoms with Crippen molar-refractivity contribution >= 4 is 0 Å². The summed E-state index contributed by atoms with van der Waals surface area (Å²) in [6, 6.07) is 0.544. The molecular formula is C12H23N3O. The van der Waals surface area contributed by atoms with E-state index in [1.54, 1.807) is 0 Å². The molecule has 1 rings (SSSR count). The second kappa shape index (κ2) is 6.63. The maximum absolute atomic E-state index is 5.05. The number of aromatic nitrogens is 2. The fourth-order valence-corrected chi connectivity index (χ4v) is 1.50. The number of rotatable bonds is 7. The van der Waals surface area contributed by atoms with Gasteiger partial charge in [0, 0.05) is 25.4 Å². The van der Waals surface area contributed by atoms with Gasteiger partial charge in [0.15, 0.2) is 5.82 Å². The molecule has 0 spiro atoms. The molecule has 0 aliphatic rings. The first-order valence-electron chi connectivity index (χ1n) is 6.22. The van der Waals surface area contributed by atoms with Gasteiger partial charge in [-0.05, 0) is 12.8 Å². The molecule has 1 aromatic heterocycles. The van der Waals surface area contributed by atoms with E-state index >= 15 is 0 Å². The molecule has 0 radical (unpaired) electrons. The molecule has 1 heterocycles.